The molecule has 0 saturated heterocycles. The summed E-state index contributed by atoms with van der Waals surface area (Å²) >= 11 is 1.78. The number of likely N-dealkylation sites (N-methyl/N-ethyl adjacent to an activating group) is 1. The van der Waals surface area contributed by atoms with Gasteiger partial charge in [-0.2, -0.15) is 0 Å². The Morgan fingerprint density at radius 2 is 2.22 bits per heavy atom. The van der Waals surface area contributed by atoms with Crippen molar-refractivity contribution in [3.8, 4) is 0 Å². The molecule has 2 aromatic rings. The van der Waals surface area contributed by atoms with Crippen LogP contribution in [-0.4, -0.2) is 17.5 Å². The van der Waals surface area contributed by atoms with E-state index < -0.39 is 0 Å². The molecule has 0 saturated carbocycles. The molecular formula is C14H20N2OS. The zero-order valence-corrected chi connectivity index (χ0v) is 11.7. The second-order valence-electron chi connectivity index (χ2n) is 4.46. The number of thiophene rings is 1. The maximum absolute atomic E-state index is 6.14. The SMILES string of the molecule is CCN(Cc1cccs1)C(c1ccco1)C(C)N. The lowest BCUT2D eigenvalue weighted by Gasteiger charge is -2.31. The van der Waals surface area contributed by atoms with Crippen LogP contribution in [0, 0.1) is 0 Å². The Labute approximate surface area is 112 Å². The minimum absolute atomic E-state index is 0.0380. The molecule has 0 amide bonds. The Hall–Kier alpha value is -1.10. The molecule has 2 unspecified atom stereocenters. The normalized spacial score (nSPS) is 14.9. The maximum Gasteiger partial charge on any atom is 0.122 e. The third-order valence-electron chi connectivity index (χ3n) is 3.07. The maximum atomic E-state index is 6.14. The summed E-state index contributed by atoms with van der Waals surface area (Å²) in [6.45, 7) is 6.06. The summed E-state index contributed by atoms with van der Waals surface area (Å²) in [6.07, 6.45) is 1.71. The first-order chi connectivity index (χ1) is 8.72. The summed E-state index contributed by atoms with van der Waals surface area (Å²) < 4.78 is 5.54. The highest BCUT2D eigenvalue weighted by molar-refractivity contribution is 7.09. The standard InChI is InChI=1S/C14H20N2OS/c1-3-16(10-12-6-5-9-18-12)14(11(2)15)13-7-4-8-17-13/h4-9,11,14H,3,10,15H2,1-2H3. The Morgan fingerprint density at radius 3 is 2.72 bits per heavy atom. The van der Waals surface area contributed by atoms with Gasteiger partial charge in [0.2, 0.25) is 0 Å². The van der Waals surface area contributed by atoms with Crippen LogP contribution in [0.4, 0.5) is 0 Å². The lowest BCUT2D eigenvalue weighted by Crippen LogP contribution is -2.38. The molecule has 0 aromatic carbocycles. The summed E-state index contributed by atoms with van der Waals surface area (Å²) in [4.78, 5) is 3.71. The van der Waals surface area contributed by atoms with Crippen LogP contribution in [-0.2, 0) is 6.54 Å². The van der Waals surface area contributed by atoms with Gasteiger partial charge < -0.3 is 10.2 Å². The molecule has 0 spiro atoms. The minimum Gasteiger partial charge on any atom is -0.468 e. The first-order valence-corrected chi connectivity index (χ1v) is 7.15. The van der Waals surface area contributed by atoms with Gasteiger partial charge in [-0.3, -0.25) is 4.90 Å². The highest BCUT2D eigenvalue weighted by atomic mass is 32.1. The third-order valence-corrected chi connectivity index (χ3v) is 3.93. The summed E-state index contributed by atoms with van der Waals surface area (Å²) in [5.74, 6) is 0.948. The molecular weight excluding hydrogens is 244 g/mol. The van der Waals surface area contributed by atoms with E-state index in [0.29, 0.717) is 0 Å². The van der Waals surface area contributed by atoms with Crippen molar-refractivity contribution >= 4 is 11.3 Å². The average molecular weight is 264 g/mol. The summed E-state index contributed by atoms with van der Waals surface area (Å²) in [5, 5.41) is 2.11. The number of nitrogens with two attached hydrogens (primary N) is 1. The monoisotopic (exact) mass is 264 g/mol. The van der Waals surface area contributed by atoms with E-state index in [1.165, 1.54) is 4.88 Å². The van der Waals surface area contributed by atoms with Gasteiger partial charge in [0.15, 0.2) is 0 Å². The molecule has 0 aliphatic rings. The van der Waals surface area contributed by atoms with Crippen molar-refractivity contribution in [2.24, 2.45) is 5.73 Å². The van der Waals surface area contributed by atoms with Crippen LogP contribution >= 0.6 is 11.3 Å². The van der Waals surface area contributed by atoms with E-state index in [1.807, 2.05) is 19.1 Å². The minimum atomic E-state index is 0.0380. The van der Waals surface area contributed by atoms with Crippen molar-refractivity contribution in [3.05, 3.63) is 46.5 Å². The van der Waals surface area contributed by atoms with Crippen LogP contribution in [0.5, 0.6) is 0 Å². The van der Waals surface area contributed by atoms with Crippen molar-refractivity contribution in [1.82, 2.24) is 4.90 Å². The van der Waals surface area contributed by atoms with Gasteiger partial charge in [-0.25, -0.2) is 0 Å². The number of hydrogen-bond donors (Lipinski definition) is 1. The van der Waals surface area contributed by atoms with Crippen LogP contribution in [0.1, 0.15) is 30.5 Å². The second-order valence-corrected chi connectivity index (χ2v) is 5.49. The van der Waals surface area contributed by atoms with E-state index >= 15 is 0 Å². The average Bonchev–Trinajstić information content (AvgIpc) is 3.00. The van der Waals surface area contributed by atoms with Crippen molar-refractivity contribution in [2.75, 3.05) is 6.54 Å². The molecule has 0 aliphatic heterocycles. The number of nitrogens with zero attached hydrogens (tertiary/aromatic N) is 1. The number of hydrogen-bond acceptors (Lipinski definition) is 4. The summed E-state index contributed by atoms with van der Waals surface area (Å²) in [5.41, 5.74) is 6.14. The molecule has 98 valence electrons. The topological polar surface area (TPSA) is 42.4 Å². The third kappa shape index (κ3) is 3.02. The van der Waals surface area contributed by atoms with Crippen molar-refractivity contribution < 1.29 is 4.42 Å². The largest absolute Gasteiger partial charge is 0.468 e. The Balaban J connectivity index is 2.17. The van der Waals surface area contributed by atoms with Crippen molar-refractivity contribution in [1.29, 1.82) is 0 Å². The molecule has 2 atom stereocenters. The van der Waals surface area contributed by atoms with Crippen LogP contribution in [0.25, 0.3) is 0 Å². The van der Waals surface area contributed by atoms with E-state index in [9.17, 15) is 0 Å². The van der Waals surface area contributed by atoms with Gasteiger partial charge in [0.25, 0.3) is 0 Å². The zero-order chi connectivity index (χ0) is 13.0. The Kier molecular flexibility index (Phi) is 4.58. The van der Waals surface area contributed by atoms with Gasteiger partial charge in [-0.1, -0.05) is 13.0 Å². The second kappa shape index (κ2) is 6.18. The first-order valence-electron chi connectivity index (χ1n) is 6.27. The van der Waals surface area contributed by atoms with Gasteiger partial charge in [0, 0.05) is 17.5 Å². The fourth-order valence-corrected chi connectivity index (χ4v) is 2.97. The van der Waals surface area contributed by atoms with Gasteiger partial charge in [0.05, 0.1) is 12.3 Å². The van der Waals surface area contributed by atoms with Crippen LogP contribution in [0.3, 0.4) is 0 Å². The van der Waals surface area contributed by atoms with Crippen LogP contribution in [0.2, 0.25) is 0 Å². The molecule has 2 rings (SSSR count). The van der Waals surface area contributed by atoms with Gasteiger partial charge in [0.1, 0.15) is 5.76 Å². The highest BCUT2D eigenvalue weighted by Gasteiger charge is 2.25. The molecule has 4 heteroatoms. The van der Waals surface area contributed by atoms with Gasteiger partial charge in [-0.05, 0) is 37.0 Å². The summed E-state index contributed by atoms with van der Waals surface area (Å²) in [6, 6.07) is 8.34. The van der Waals surface area contributed by atoms with E-state index in [0.717, 1.165) is 18.8 Å². The first kappa shape index (κ1) is 13.3. The molecule has 2 aromatic heterocycles. The molecule has 18 heavy (non-hydrogen) atoms. The smallest absolute Gasteiger partial charge is 0.122 e. The molecule has 0 radical (unpaired) electrons. The number of furan rings is 1. The molecule has 0 fully saturated rings. The molecule has 3 nitrogen and oxygen atoms in total. The van der Waals surface area contributed by atoms with Crippen molar-refractivity contribution in [2.45, 2.75) is 32.5 Å². The predicted molar refractivity (Wildman–Crippen MR) is 75.5 cm³/mol. The Morgan fingerprint density at radius 1 is 1.39 bits per heavy atom. The number of rotatable bonds is 6. The van der Waals surface area contributed by atoms with E-state index in [2.05, 4.69) is 29.3 Å². The quantitative estimate of drug-likeness (QED) is 0.871. The predicted octanol–water partition coefficient (Wildman–Crippen LogP) is 3.25. The molecule has 0 bridgehead atoms. The lowest BCUT2D eigenvalue weighted by molar-refractivity contribution is 0.156. The van der Waals surface area contributed by atoms with Gasteiger partial charge in [-0.15, -0.1) is 11.3 Å². The van der Waals surface area contributed by atoms with Crippen LogP contribution < -0.4 is 5.73 Å². The Bertz CT molecular complexity index is 436. The lowest BCUT2D eigenvalue weighted by atomic mass is 10.1. The molecule has 0 aliphatic carbocycles. The van der Waals surface area contributed by atoms with E-state index in [-0.39, 0.29) is 12.1 Å². The van der Waals surface area contributed by atoms with Gasteiger partial charge >= 0.3 is 0 Å². The fourth-order valence-electron chi connectivity index (χ4n) is 2.24. The van der Waals surface area contributed by atoms with Crippen LogP contribution in [0.15, 0.2) is 40.3 Å². The van der Waals surface area contributed by atoms with E-state index in [1.54, 1.807) is 17.6 Å². The highest BCUT2D eigenvalue weighted by Crippen LogP contribution is 2.26. The molecule has 2 heterocycles. The van der Waals surface area contributed by atoms with E-state index in [4.69, 9.17) is 10.2 Å². The zero-order valence-electron chi connectivity index (χ0n) is 10.9. The summed E-state index contributed by atoms with van der Waals surface area (Å²) in [7, 11) is 0. The fraction of sp³-hybridized carbons (Fsp3) is 0.429. The van der Waals surface area contributed by atoms with Crippen molar-refractivity contribution in [3.63, 3.8) is 0 Å². The molecule has 2 N–H and O–H groups in total.